The SMILES string of the molecule is C[Si](C)(OC1=CC(=O)c2ccccc2C1=O)c1ccccc1. The second-order valence-corrected chi connectivity index (χ2v) is 9.53. The molecule has 0 atom stereocenters. The van der Waals surface area contributed by atoms with Crippen LogP contribution in [0.25, 0.3) is 0 Å². The first kappa shape index (κ1) is 14.5. The van der Waals surface area contributed by atoms with Crippen LogP contribution < -0.4 is 5.19 Å². The summed E-state index contributed by atoms with van der Waals surface area (Å²) in [4.78, 5) is 24.7. The van der Waals surface area contributed by atoms with Crippen LogP contribution in [0.3, 0.4) is 0 Å². The fourth-order valence-electron chi connectivity index (χ4n) is 2.54. The lowest BCUT2D eigenvalue weighted by atomic mass is 9.94. The van der Waals surface area contributed by atoms with Crippen molar-refractivity contribution in [3.05, 3.63) is 77.6 Å². The molecule has 1 aliphatic carbocycles. The van der Waals surface area contributed by atoms with Crippen LogP contribution in [0.15, 0.2) is 66.4 Å². The van der Waals surface area contributed by atoms with Crippen LogP contribution in [-0.4, -0.2) is 19.9 Å². The van der Waals surface area contributed by atoms with Gasteiger partial charge < -0.3 is 4.43 Å². The molecule has 1 aliphatic rings. The van der Waals surface area contributed by atoms with E-state index in [4.69, 9.17) is 4.43 Å². The zero-order valence-corrected chi connectivity index (χ0v) is 13.5. The molecule has 110 valence electrons. The number of ketones is 2. The first-order valence-electron chi connectivity index (χ1n) is 7.13. The Labute approximate surface area is 130 Å². The van der Waals surface area contributed by atoms with Gasteiger partial charge in [0, 0.05) is 17.2 Å². The molecule has 2 aromatic carbocycles. The smallest absolute Gasteiger partial charge is 0.277 e. The topological polar surface area (TPSA) is 43.4 Å². The van der Waals surface area contributed by atoms with Gasteiger partial charge in [-0.3, -0.25) is 9.59 Å². The summed E-state index contributed by atoms with van der Waals surface area (Å²) in [5.41, 5.74) is 0.863. The van der Waals surface area contributed by atoms with Gasteiger partial charge in [0.2, 0.25) is 5.78 Å². The van der Waals surface area contributed by atoms with Crippen LogP contribution in [-0.2, 0) is 4.43 Å². The highest BCUT2D eigenvalue weighted by atomic mass is 28.4. The van der Waals surface area contributed by atoms with Crippen LogP contribution in [0.2, 0.25) is 13.1 Å². The number of benzene rings is 2. The molecule has 0 fully saturated rings. The minimum atomic E-state index is -2.30. The third-order valence-electron chi connectivity index (χ3n) is 3.76. The minimum Gasteiger partial charge on any atom is -0.537 e. The standard InChI is InChI=1S/C18H16O3Si/c1-22(2,13-8-4-3-5-9-13)21-17-12-16(19)14-10-6-7-11-15(14)18(17)20/h3-12H,1-2H3. The average molecular weight is 308 g/mol. The predicted octanol–water partition coefficient (Wildman–Crippen LogP) is 3.08. The fourth-order valence-corrected chi connectivity index (χ4v) is 4.35. The lowest BCUT2D eigenvalue weighted by molar-refractivity contribution is 0.0945. The summed E-state index contributed by atoms with van der Waals surface area (Å²) in [5.74, 6) is -0.237. The maximum Gasteiger partial charge on any atom is 0.277 e. The van der Waals surface area contributed by atoms with Crippen LogP contribution in [0.1, 0.15) is 20.7 Å². The molecule has 4 heteroatoms. The second kappa shape index (κ2) is 5.39. The molecule has 0 saturated heterocycles. The van der Waals surface area contributed by atoms with Crippen molar-refractivity contribution in [1.82, 2.24) is 0 Å². The van der Waals surface area contributed by atoms with Gasteiger partial charge in [0.05, 0.1) is 0 Å². The number of Topliss-reactive ketones (excluding diaryl/α,β-unsaturated/α-hetero) is 1. The Morgan fingerprint density at radius 2 is 1.41 bits per heavy atom. The molecular weight excluding hydrogens is 292 g/mol. The molecule has 22 heavy (non-hydrogen) atoms. The molecule has 2 aromatic rings. The number of carbonyl (C=O) groups excluding carboxylic acids is 2. The quantitative estimate of drug-likeness (QED) is 0.818. The molecule has 3 nitrogen and oxygen atoms in total. The van der Waals surface area contributed by atoms with Crippen molar-refractivity contribution in [3.63, 3.8) is 0 Å². The predicted molar refractivity (Wildman–Crippen MR) is 87.8 cm³/mol. The molecule has 0 spiro atoms. The fraction of sp³-hybridized carbons (Fsp3) is 0.111. The van der Waals surface area contributed by atoms with E-state index in [1.165, 1.54) is 6.08 Å². The van der Waals surface area contributed by atoms with E-state index in [1.54, 1.807) is 24.3 Å². The highest BCUT2D eigenvalue weighted by molar-refractivity contribution is 6.84. The van der Waals surface area contributed by atoms with Gasteiger partial charge in [-0.2, -0.15) is 0 Å². The Hall–Kier alpha value is -2.46. The molecule has 0 bridgehead atoms. The Morgan fingerprint density at radius 3 is 2.09 bits per heavy atom. The average Bonchev–Trinajstić information content (AvgIpc) is 2.53. The van der Waals surface area contributed by atoms with Crippen LogP contribution in [0.5, 0.6) is 0 Å². The second-order valence-electron chi connectivity index (χ2n) is 5.73. The van der Waals surface area contributed by atoms with Gasteiger partial charge in [0.1, 0.15) is 0 Å². The van der Waals surface area contributed by atoms with Gasteiger partial charge in [-0.05, 0) is 18.3 Å². The molecule has 0 unspecified atom stereocenters. The van der Waals surface area contributed by atoms with Crippen molar-refractivity contribution in [3.8, 4) is 0 Å². The molecule has 0 heterocycles. The highest BCUT2D eigenvalue weighted by Gasteiger charge is 2.33. The van der Waals surface area contributed by atoms with Crippen molar-refractivity contribution in [2.24, 2.45) is 0 Å². The Kier molecular flexibility index (Phi) is 3.54. The van der Waals surface area contributed by atoms with Crippen LogP contribution in [0.4, 0.5) is 0 Å². The van der Waals surface area contributed by atoms with Crippen molar-refractivity contribution in [1.29, 1.82) is 0 Å². The normalized spacial score (nSPS) is 14.4. The number of hydrogen-bond donors (Lipinski definition) is 0. The molecule has 0 aliphatic heterocycles. The minimum absolute atomic E-state index is 0.157. The number of rotatable bonds is 3. The van der Waals surface area contributed by atoms with Gasteiger partial charge in [-0.1, -0.05) is 54.6 Å². The van der Waals surface area contributed by atoms with E-state index >= 15 is 0 Å². The van der Waals surface area contributed by atoms with Crippen molar-refractivity contribution >= 4 is 25.1 Å². The molecule has 0 N–H and O–H groups in total. The van der Waals surface area contributed by atoms with E-state index in [1.807, 2.05) is 43.4 Å². The van der Waals surface area contributed by atoms with Gasteiger partial charge in [0.15, 0.2) is 11.5 Å². The zero-order chi connectivity index (χ0) is 15.7. The van der Waals surface area contributed by atoms with Gasteiger partial charge in [0.25, 0.3) is 8.32 Å². The van der Waals surface area contributed by atoms with Gasteiger partial charge in [-0.15, -0.1) is 0 Å². The van der Waals surface area contributed by atoms with Gasteiger partial charge >= 0.3 is 0 Å². The molecular formula is C18H16O3Si. The maximum atomic E-state index is 12.5. The summed E-state index contributed by atoms with van der Waals surface area (Å²) in [6.07, 6.45) is 1.32. The molecule has 0 saturated carbocycles. The van der Waals surface area contributed by atoms with E-state index in [2.05, 4.69) is 0 Å². The lowest BCUT2D eigenvalue weighted by Gasteiger charge is -2.27. The van der Waals surface area contributed by atoms with Crippen molar-refractivity contribution in [2.75, 3.05) is 0 Å². The van der Waals surface area contributed by atoms with E-state index < -0.39 is 8.32 Å². The number of hydrogen-bond acceptors (Lipinski definition) is 3. The zero-order valence-electron chi connectivity index (χ0n) is 12.5. The monoisotopic (exact) mass is 308 g/mol. The van der Waals surface area contributed by atoms with E-state index in [0.29, 0.717) is 11.1 Å². The summed E-state index contributed by atoms with van der Waals surface area (Å²) in [7, 11) is -2.30. The lowest BCUT2D eigenvalue weighted by Crippen LogP contribution is -2.45. The van der Waals surface area contributed by atoms with Crippen LogP contribution >= 0.6 is 0 Å². The highest BCUT2D eigenvalue weighted by Crippen LogP contribution is 2.24. The summed E-state index contributed by atoms with van der Waals surface area (Å²) in [6.45, 7) is 4.03. The van der Waals surface area contributed by atoms with Crippen molar-refractivity contribution in [2.45, 2.75) is 13.1 Å². The Morgan fingerprint density at radius 1 is 0.818 bits per heavy atom. The maximum absolute atomic E-state index is 12.5. The van der Waals surface area contributed by atoms with E-state index in [-0.39, 0.29) is 17.3 Å². The third kappa shape index (κ3) is 2.53. The summed E-state index contributed by atoms with van der Waals surface area (Å²) in [6, 6.07) is 16.7. The molecule has 0 radical (unpaired) electrons. The first-order valence-corrected chi connectivity index (χ1v) is 10.0. The van der Waals surface area contributed by atoms with Crippen molar-refractivity contribution < 1.29 is 14.0 Å². The van der Waals surface area contributed by atoms with Crippen LogP contribution in [0, 0.1) is 0 Å². The Bertz CT molecular complexity index is 776. The molecule has 3 rings (SSSR count). The third-order valence-corrected chi connectivity index (χ3v) is 6.21. The number of fused-ring (bicyclic) bond motifs is 1. The first-order chi connectivity index (χ1) is 10.5. The Balaban J connectivity index is 1.94. The summed E-state index contributed by atoms with van der Waals surface area (Å²) >= 11 is 0. The van der Waals surface area contributed by atoms with Gasteiger partial charge in [-0.25, -0.2) is 0 Å². The largest absolute Gasteiger partial charge is 0.537 e. The number of carbonyl (C=O) groups is 2. The summed E-state index contributed by atoms with van der Waals surface area (Å²) in [5, 5.41) is 1.08. The van der Waals surface area contributed by atoms with E-state index in [9.17, 15) is 9.59 Å². The summed E-state index contributed by atoms with van der Waals surface area (Å²) < 4.78 is 6.03. The molecule has 0 aromatic heterocycles. The number of allylic oxidation sites excluding steroid dienone is 2. The van der Waals surface area contributed by atoms with E-state index in [0.717, 1.165) is 5.19 Å². The molecule has 0 amide bonds.